The van der Waals surface area contributed by atoms with Crippen LogP contribution < -0.4 is 16.2 Å². The molecule has 0 aliphatic carbocycles. The van der Waals surface area contributed by atoms with E-state index in [-0.39, 0.29) is 11.7 Å². The van der Waals surface area contributed by atoms with Crippen LogP contribution >= 0.6 is 0 Å². The van der Waals surface area contributed by atoms with Gasteiger partial charge in [0.15, 0.2) is 0 Å². The number of carbonyl (C=O) groups is 1. The number of primary sulfonamides is 1. The molecule has 0 saturated heterocycles. The van der Waals surface area contributed by atoms with Gasteiger partial charge in [-0.25, -0.2) is 13.6 Å². The van der Waals surface area contributed by atoms with Crippen LogP contribution in [0.5, 0.6) is 0 Å². The van der Waals surface area contributed by atoms with Crippen molar-refractivity contribution in [1.29, 1.82) is 0 Å². The van der Waals surface area contributed by atoms with Crippen LogP contribution in [-0.2, 0) is 20.6 Å². The summed E-state index contributed by atoms with van der Waals surface area (Å²) in [6.07, 6.45) is 0.606. The third-order valence-corrected chi connectivity index (χ3v) is 3.39. The highest BCUT2D eigenvalue weighted by Crippen LogP contribution is 2.12. The normalized spacial score (nSPS) is 13.2. The lowest BCUT2D eigenvalue weighted by Crippen LogP contribution is -2.36. The van der Waals surface area contributed by atoms with Crippen LogP contribution in [-0.4, -0.2) is 20.4 Å². The molecule has 0 aliphatic rings. The Morgan fingerprint density at radius 3 is 2.25 bits per heavy atom. The summed E-state index contributed by atoms with van der Waals surface area (Å²) >= 11 is 0. The minimum Gasteiger partial charge on any atom is -0.325 e. The Hall–Kier alpha value is -1.44. The number of benzene rings is 1. The molecule has 0 unspecified atom stereocenters. The fraction of sp³-hybridized carbons (Fsp3) is 0.462. The van der Waals surface area contributed by atoms with Gasteiger partial charge in [0.25, 0.3) is 0 Å². The highest BCUT2D eigenvalue weighted by Gasteiger charge is 2.15. The molecule has 0 saturated carbocycles. The van der Waals surface area contributed by atoms with Gasteiger partial charge in [-0.1, -0.05) is 26.0 Å². The number of amides is 1. The molecule has 0 radical (unpaired) electrons. The number of sulfonamides is 1. The van der Waals surface area contributed by atoms with Gasteiger partial charge in [-0.05, 0) is 30.0 Å². The summed E-state index contributed by atoms with van der Waals surface area (Å²) in [5.74, 6) is -0.139. The van der Waals surface area contributed by atoms with Crippen molar-refractivity contribution < 1.29 is 13.2 Å². The van der Waals surface area contributed by atoms with E-state index in [1.54, 1.807) is 24.3 Å². The summed E-state index contributed by atoms with van der Waals surface area (Å²) in [5, 5.41) is 7.65. The first kappa shape index (κ1) is 16.6. The molecule has 1 atom stereocenters. The van der Waals surface area contributed by atoms with Gasteiger partial charge in [-0.2, -0.15) is 0 Å². The second-order valence-electron chi connectivity index (χ2n) is 5.23. The van der Waals surface area contributed by atoms with Gasteiger partial charge in [-0.15, -0.1) is 0 Å². The molecular formula is C13H21N3O3S. The Morgan fingerprint density at radius 1 is 1.25 bits per heavy atom. The van der Waals surface area contributed by atoms with Gasteiger partial charge in [-0.3, -0.25) is 4.79 Å². The number of hydrogen-bond donors (Lipinski definition) is 3. The number of anilines is 1. The molecule has 0 bridgehead atoms. The molecule has 0 heterocycles. The molecule has 7 heteroatoms. The predicted molar refractivity (Wildman–Crippen MR) is 79.3 cm³/mol. The molecule has 20 heavy (non-hydrogen) atoms. The van der Waals surface area contributed by atoms with Crippen LogP contribution in [0.1, 0.15) is 25.8 Å². The minimum absolute atomic E-state index is 0.228. The maximum Gasteiger partial charge on any atom is 0.241 e. The zero-order chi connectivity index (χ0) is 15.3. The van der Waals surface area contributed by atoms with E-state index in [0.29, 0.717) is 23.6 Å². The number of nitrogens with two attached hydrogens (primary N) is 2. The Kier molecular flexibility index (Phi) is 5.67. The van der Waals surface area contributed by atoms with Crippen LogP contribution in [0.3, 0.4) is 0 Å². The summed E-state index contributed by atoms with van der Waals surface area (Å²) in [6, 6.07) is 5.90. The van der Waals surface area contributed by atoms with E-state index in [0.717, 1.165) is 0 Å². The average Bonchev–Trinajstić information content (AvgIpc) is 2.28. The van der Waals surface area contributed by atoms with Gasteiger partial charge in [0.05, 0.1) is 11.8 Å². The first-order valence-electron chi connectivity index (χ1n) is 6.33. The van der Waals surface area contributed by atoms with E-state index >= 15 is 0 Å². The number of hydrogen-bond acceptors (Lipinski definition) is 4. The molecule has 1 rings (SSSR count). The fourth-order valence-electron chi connectivity index (χ4n) is 1.77. The number of nitrogens with one attached hydrogen (secondary N) is 1. The molecule has 5 N–H and O–H groups in total. The summed E-state index contributed by atoms with van der Waals surface area (Å²) in [4.78, 5) is 11.8. The Morgan fingerprint density at radius 2 is 1.80 bits per heavy atom. The quantitative estimate of drug-likeness (QED) is 0.720. The van der Waals surface area contributed by atoms with Crippen molar-refractivity contribution in [3.8, 4) is 0 Å². The molecule has 0 spiro atoms. The van der Waals surface area contributed by atoms with Crippen LogP contribution in [0.2, 0.25) is 0 Å². The summed E-state index contributed by atoms with van der Waals surface area (Å²) in [7, 11) is -3.55. The lowest BCUT2D eigenvalue weighted by Gasteiger charge is -2.14. The zero-order valence-electron chi connectivity index (χ0n) is 11.7. The largest absolute Gasteiger partial charge is 0.325 e. The molecule has 0 aromatic heterocycles. The van der Waals surface area contributed by atoms with Crippen LogP contribution in [0.25, 0.3) is 0 Å². The van der Waals surface area contributed by atoms with Crippen molar-refractivity contribution in [2.75, 3.05) is 5.32 Å². The maximum absolute atomic E-state index is 11.8. The molecule has 6 nitrogen and oxygen atoms in total. The molecule has 0 fully saturated rings. The minimum atomic E-state index is -3.55. The van der Waals surface area contributed by atoms with Crippen LogP contribution in [0.4, 0.5) is 5.69 Å². The van der Waals surface area contributed by atoms with Crippen molar-refractivity contribution in [3.05, 3.63) is 29.8 Å². The van der Waals surface area contributed by atoms with Crippen molar-refractivity contribution in [2.24, 2.45) is 16.8 Å². The average molecular weight is 299 g/mol. The topological polar surface area (TPSA) is 115 Å². The molecular weight excluding hydrogens is 278 g/mol. The second-order valence-corrected chi connectivity index (χ2v) is 6.84. The van der Waals surface area contributed by atoms with Gasteiger partial charge < -0.3 is 11.1 Å². The Bertz CT molecular complexity index is 553. The van der Waals surface area contributed by atoms with Crippen LogP contribution in [0, 0.1) is 5.92 Å². The van der Waals surface area contributed by atoms with Gasteiger partial charge in [0.2, 0.25) is 15.9 Å². The molecule has 0 aliphatic heterocycles. The number of rotatable bonds is 6. The monoisotopic (exact) mass is 299 g/mol. The van der Waals surface area contributed by atoms with E-state index in [2.05, 4.69) is 5.32 Å². The summed E-state index contributed by atoms with van der Waals surface area (Å²) in [5.41, 5.74) is 6.91. The van der Waals surface area contributed by atoms with Crippen molar-refractivity contribution >= 4 is 21.6 Å². The van der Waals surface area contributed by atoms with E-state index in [4.69, 9.17) is 10.9 Å². The maximum atomic E-state index is 11.8. The highest BCUT2D eigenvalue weighted by atomic mass is 32.2. The zero-order valence-corrected chi connectivity index (χ0v) is 12.5. The van der Waals surface area contributed by atoms with E-state index < -0.39 is 16.1 Å². The smallest absolute Gasteiger partial charge is 0.241 e. The van der Waals surface area contributed by atoms with Gasteiger partial charge in [0.1, 0.15) is 0 Å². The summed E-state index contributed by atoms with van der Waals surface area (Å²) < 4.78 is 21.9. The Labute approximate surface area is 119 Å². The Balaban J connectivity index is 2.63. The van der Waals surface area contributed by atoms with E-state index in [9.17, 15) is 13.2 Å². The van der Waals surface area contributed by atoms with Gasteiger partial charge in [0, 0.05) is 5.69 Å². The first-order valence-corrected chi connectivity index (χ1v) is 8.05. The molecule has 1 aromatic rings. The standard InChI is InChI=1S/C13H21N3O3S/c1-9(2)7-12(14)13(17)16-11-5-3-10(4-6-11)8-20(15,18)19/h3-6,9,12H,7-8,14H2,1-2H3,(H,16,17)(H2,15,18,19)/t12-/m1/s1. The van der Waals surface area contributed by atoms with E-state index in [1.807, 2.05) is 13.8 Å². The van der Waals surface area contributed by atoms with Crippen LogP contribution in [0.15, 0.2) is 24.3 Å². The lowest BCUT2D eigenvalue weighted by molar-refractivity contribution is -0.117. The fourth-order valence-corrected chi connectivity index (χ4v) is 2.42. The predicted octanol–water partition coefficient (Wildman–Crippen LogP) is 0.787. The first-order chi connectivity index (χ1) is 9.17. The highest BCUT2D eigenvalue weighted by molar-refractivity contribution is 7.88. The summed E-state index contributed by atoms with van der Waals surface area (Å²) in [6.45, 7) is 3.99. The number of carbonyl (C=O) groups excluding carboxylic acids is 1. The molecule has 1 aromatic carbocycles. The van der Waals surface area contributed by atoms with Crippen molar-refractivity contribution in [1.82, 2.24) is 0 Å². The molecule has 112 valence electrons. The second kappa shape index (κ2) is 6.83. The van der Waals surface area contributed by atoms with Gasteiger partial charge >= 0.3 is 0 Å². The SMILES string of the molecule is CC(C)C[C@@H](N)C(=O)Nc1ccc(CS(N)(=O)=O)cc1. The van der Waals surface area contributed by atoms with E-state index in [1.165, 1.54) is 0 Å². The van der Waals surface area contributed by atoms with Crippen molar-refractivity contribution in [3.63, 3.8) is 0 Å². The molecule has 1 amide bonds. The lowest BCUT2D eigenvalue weighted by atomic mass is 10.0. The third kappa shape index (κ3) is 6.14. The van der Waals surface area contributed by atoms with Crippen molar-refractivity contribution in [2.45, 2.75) is 32.1 Å². The third-order valence-electron chi connectivity index (χ3n) is 2.65.